The monoisotopic (exact) mass is 246 g/mol. The molecule has 0 spiro atoms. The van der Waals surface area contributed by atoms with Crippen LogP contribution in [-0.4, -0.2) is 11.9 Å². The number of carbonyl (C=O) groups excluding carboxylic acids is 1. The first-order chi connectivity index (χ1) is 8.74. The minimum absolute atomic E-state index is 0.180. The lowest BCUT2D eigenvalue weighted by Crippen LogP contribution is -2.41. The van der Waals surface area contributed by atoms with Crippen molar-refractivity contribution in [3.8, 4) is 0 Å². The van der Waals surface area contributed by atoms with Gasteiger partial charge in [-0.05, 0) is 25.0 Å². The van der Waals surface area contributed by atoms with E-state index in [-0.39, 0.29) is 5.91 Å². The van der Waals surface area contributed by atoms with Gasteiger partial charge < -0.3 is 10.6 Å². The number of para-hydroxylation sites is 2. The minimum Gasteiger partial charge on any atom is -0.397 e. The van der Waals surface area contributed by atoms with Crippen LogP contribution in [0.5, 0.6) is 0 Å². The molecule has 3 heteroatoms. The molecule has 1 aliphatic carbocycles. The van der Waals surface area contributed by atoms with Crippen molar-refractivity contribution in [1.82, 2.24) is 0 Å². The van der Waals surface area contributed by atoms with Gasteiger partial charge in [-0.2, -0.15) is 0 Å². The van der Waals surface area contributed by atoms with E-state index < -0.39 is 0 Å². The van der Waals surface area contributed by atoms with E-state index >= 15 is 0 Å². The van der Waals surface area contributed by atoms with E-state index in [4.69, 9.17) is 5.73 Å². The van der Waals surface area contributed by atoms with Crippen LogP contribution in [0.1, 0.15) is 45.4 Å². The van der Waals surface area contributed by atoms with Crippen LogP contribution in [0, 0.1) is 0 Å². The third-order valence-electron chi connectivity index (χ3n) is 3.71. The molecular formula is C15H22N2O. The Bertz CT molecular complexity index is 411. The third-order valence-corrected chi connectivity index (χ3v) is 3.71. The fourth-order valence-electron chi connectivity index (χ4n) is 2.75. The highest BCUT2D eigenvalue weighted by Crippen LogP contribution is 2.31. The van der Waals surface area contributed by atoms with Gasteiger partial charge in [-0.1, -0.05) is 38.3 Å². The summed E-state index contributed by atoms with van der Waals surface area (Å²) in [4.78, 5) is 14.2. The van der Waals surface area contributed by atoms with Crippen molar-refractivity contribution in [2.45, 2.75) is 51.5 Å². The Morgan fingerprint density at radius 3 is 2.56 bits per heavy atom. The van der Waals surface area contributed by atoms with Gasteiger partial charge in [0.15, 0.2) is 0 Å². The zero-order chi connectivity index (χ0) is 13.0. The molecular weight excluding hydrogens is 224 g/mol. The largest absolute Gasteiger partial charge is 0.397 e. The van der Waals surface area contributed by atoms with Crippen molar-refractivity contribution in [3.63, 3.8) is 0 Å². The van der Waals surface area contributed by atoms with Crippen LogP contribution in [0.25, 0.3) is 0 Å². The summed E-state index contributed by atoms with van der Waals surface area (Å²) in [5.41, 5.74) is 7.61. The number of nitrogens with two attached hydrogens (primary N) is 1. The Balaban J connectivity index is 2.30. The zero-order valence-corrected chi connectivity index (χ0v) is 11.1. The molecule has 0 aliphatic heterocycles. The summed E-state index contributed by atoms with van der Waals surface area (Å²) in [6, 6.07) is 8.01. The van der Waals surface area contributed by atoms with Gasteiger partial charge in [0, 0.05) is 12.5 Å². The maximum Gasteiger partial charge on any atom is 0.227 e. The fraction of sp³-hybridized carbons (Fsp3) is 0.533. The Hall–Kier alpha value is -1.51. The SMILES string of the molecule is CCC(=O)N(c1ccccc1N)C1CCCCC1. The van der Waals surface area contributed by atoms with Crippen molar-refractivity contribution in [3.05, 3.63) is 24.3 Å². The molecule has 0 bridgehead atoms. The van der Waals surface area contributed by atoms with E-state index in [0.717, 1.165) is 18.5 Å². The van der Waals surface area contributed by atoms with Crippen LogP contribution in [0.3, 0.4) is 0 Å². The van der Waals surface area contributed by atoms with Crippen LogP contribution < -0.4 is 10.6 Å². The van der Waals surface area contributed by atoms with Gasteiger partial charge in [-0.15, -0.1) is 0 Å². The second-order valence-electron chi connectivity index (χ2n) is 4.97. The normalized spacial score (nSPS) is 16.5. The van der Waals surface area contributed by atoms with E-state index in [0.29, 0.717) is 18.2 Å². The predicted molar refractivity (Wildman–Crippen MR) is 75.5 cm³/mol. The molecule has 0 heterocycles. The number of amides is 1. The first-order valence-electron chi connectivity index (χ1n) is 6.90. The van der Waals surface area contributed by atoms with E-state index in [1.807, 2.05) is 36.1 Å². The molecule has 1 aliphatic rings. The number of hydrogen-bond donors (Lipinski definition) is 1. The average molecular weight is 246 g/mol. The first kappa shape index (κ1) is 12.9. The van der Waals surface area contributed by atoms with E-state index in [9.17, 15) is 4.79 Å². The molecule has 0 saturated heterocycles. The lowest BCUT2D eigenvalue weighted by atomic mass is 9.93. The maximum atomic E-state index is 12.2. The van der Waals surface area contributed by atoms with Gasteiger partial charge in [0.05, 0.1) is 11.4 Å². The molecule has 1 aromatic carbocycles. The highest BCUT2D eigenvalue weighted by atomic mass is 16.2. The standard InChI is InChI=1S/C15H22N2O/c1-2-15(18)17(12-8-4-3-5-9-12)14-11-7-6-10-13(14)16/h6-7,10-12H,2-5,8-9,16H2,1H3. The lowest BCUT2D eigenvalue weighted by Gasteiger charge is -2.35. The second kappa shape index (κ2) is 5.89. The molecule has 1 aromatic rings. The van der Waals surface area contributed by atoms with E-state index in [1.165, 1.54) is 19.3 Å². The van der Waals surface area contributed by atoms with Gasteiger partial charge in [-0.3, -0.25) is 4.79 Å². The van der Waals surface area contributed by atoms with Crippen LogP contribution in [0.2, 0.25) is 0 Å². The number of nitrogens with zero attached hydrogens (tertiary/aromatic N) is 1. The van der Waals surface area contributed by atoms with Crippen LogP contribution in [-0.2, 0) is 4.79 Å². The van der Waals surface area contributed by atoms with Crippen molar-refractivity contribution in [2.24, 2.45) is 0 Å². The molecule has 2 N–H and O–H groups in total. The van der Waals surface area contributed by atoms with Gasteiger partial charge in [-0.25, -0.2) is 0 Å². The fourth-order valence-corrected chi connectivity index (χ4v) is 2.75. The highest BCUT2D eigenvalue weighted by Gasteiger charge is 2.26. The third kappa shape index (κ3) is 2.66. The molecule has 1 fully saturated rings. The summed E-state index contributed by atoms with van der Waals surface area (Å²) in [7, 11) is 0. The molecule has 2 rings (SSSR count). The van der Waals surface area contributed by atoms with Crippen molar-refractivity contribution in [1.29, 1.82) is 0 Å². The molecule has 3 nitrogen and oxygen atoms in total. The average Bonchev–Trinajstić information content (AvgIpc) is 2.42. The summed E-state index contributed by atoms with van der Waals surface area (Å²) in [5.74, 6) is 0.180. The summed E-state index contributed by atoms with van der Waals surface area (Å²) < 4.78 is 0. The molecule has 0 aromatic heterocycles. The highest BCUT2D eigenvalue weighted by molar-refractivity contribution is 5.96. The first-order valence-corrected chi connectivity index (χ1v) is 6.90. The summed E-state index contributed by atoms with van der Waals surface area (Å²) in [6.07, 6.45) is 6.44. The zero-order valence-electron chi connectivity index (χ0n) is 11.1. The van der Waals surface area contributed by atoms with E-state index in [2.05, 4.69) is 0 Å². The molecule has 1 saturated carbocycles. The second-order valence-corrected chi connectivity index (χ2v) is 4.97. The lowest BCUT2D eigenvalue weighted by molar-refractivity contribution is -0.118. The molecule has 18 heavy (non-hydrogen) atoms. The van der Waals surface area contributed by atoms with Gasteiger partial charge in [0.25, 0.3) is 0 Å². The number of carbonyl (C=O) groups is 1. The number of rotatable bonds is 3. The number of benzene rings is 1. The van der Waals surface area contributed by atoms with Gasteiger partial charge in [0.1, 0.15) is 0 Å². The van der Waals surface area contributed by atoms with Crippen molar-refractivity contribution < 1.29 is 4.79 Å². The Morgan fingerprint density at radius 1 is 1.28 bits per heavy atom. The smallest absolute Gasteiger partial charge is 0.227 e. The van der Waals surface area contributed by atoms with Crippen LogP contribution in [0.15, 0.2) is 24.3 Å². The van der Waals surface area contributed by atoms with E-state index in [1.54, 1.807) is 0 Å². The van der Waals surface area contributed by atoms with Crippen LogP contribution >= 0.6 is 0 Å². The Kier molecular flexibility index (Phi) is 4.24. The van der Waals surface area contributed by atoms with Crippen molar-refractivity contribution in [2.75, 3.05) is 10.6 Å². The maximum absolute atomic E-state index is 12.2. The number of hydrogen-bond acceptors (Lipinski definition) is 2. The van der Waals surface area contributed by atoms with Crippen LogP contribution in [0.4, 0.5) is 11.4 Å². The molecule has 0 radical (unpaired) electrons. The topological polar surface area (TPSA) is 46.3 Å². The number of nitrogen functional groups attached to an aromatic ring is 1. The Morgan fingerprint density at radius 2 is 1.94 bits per heavy atom. The van der Waals surface area contributed by atoms with Gasteiger partial charge in [0.2, 0.25) is 5.91 Å². The molecule has 0 atom stereocenters. The quantitative estimate of drug-likeness (QED) is 0.831. The molecule has 0 unspecified atom stereocenters. The summed E-state index contributed by atoms with van der Waals surface area (Å²) in [5, 5.41) is 0. The predicted octanol–water partition coefficient (Wildman–Crippen LogP) is 3.34. The Labute approximate surface area is 109 Å². The van der Waals surface area contributed by atoms with Gasteiger partial charge >= 0.3 is 0 Å². The summed E-state index contributed by atoms with van der Waals surface area (Å²) in [6.45, 7) is 1.91. The molecule has 1 amide bonds. The number of anilines is 2. The molecule has 98 valence electrons. The summed E-state index contributed by atoms with van der Waals surface area (Å²) >= 11 is 0. The minimum atomic E-state index is 0.180. The van der Waals surface area contributed by atoms with Crippen molar-refractivity contribution >= 4 is 17.3 Å².